The maximum atomic E-state index is 11.2. The molecule has 2 rings (SSSR count). The molecule has 0 aromatic carbocycles. The van der Waals surface area contributed by atoms with Gasteiger partial charge in [-0.25, -0.2) is 4.68 Å². The van der Waals surface area contributed by atoms with Gasteiger partial charge < -0.3 is 10.0 Å². The van der Waals surface area contributed by atoms with E-state index in [2.05, 4.69) is 5.10 Å². The Bertz CT molecular complexity index is 457. The maximum Gasteiger partial charge on any atom is 0.333 e. The van der Waals surface area contributed by atoms with E-state index < -0.39 is 0 Å². The van der Waals surface area contributed by atoms with E-state index in [-0.39, 0.29) is 23.3 Å². The third kappa shape index (κ3) is 2.05. The zero-order valence-electron chi connectivity index (χ0n) is 10.7. The minimum absolute atomic E-state index is 0.0855. The Labute approximate surface area is 105 Å². The average Bonchev–Trinajstić information content (AvgIpc) is 2.83. The summed E-state index contributed by atoms with van der Waals surface area (Å²) in [6, 6.07) is 0.170. The second-order valence-corrected chi connectivity index (χ2v) is 4.64. The number of nitro groups is 1. The van der Waals surface area contributed by atoms with Gasteiger partial charge in [-0.2, -0.15) is 5.10 Å². The number of hydrogen-bond acceptors (Lipinski definition) is 5. The molecule has 1 atom stereocenters. The molecule has 2 heterocycles. The highest BCUT2D eigenvalue weighted by Crippen LogP contribution is 2.36. The van der Waals surface area contributed by atoms with Crippen LogP contribution in [-0.4, -0.2) is 39.0 Å². The lowest BCUT2D eigenvalue weighted by Crippen LogP contribution is -2.32. The zero-order valence-corrected chi connectivity index (χ0v) is 10.7. The number of rotatable bonds is 4. The molecular weight excluding hydrogens is 236 g/mol. The van der Waals surface area contributed by atoms with Gasteiger partial charge in [-0.05, 0) is 26.2 Å². The predicted molar refractivity (Wildman–Crippen MR) is 66.7 cm³/mol. The van der Waals surface area contributed by atoms with Crippen molar-refractivity contribution in [3.63, 3.8) is 0 Å². The minimum atomic E-state index is -0.369. The topological polar surface area (TPSA) is 84.4 Å². The number of aliphatic hydroxyl groups excluding tert-OH is 1. The molecule has 0 aliphatic carbocycles. The van der Waals surface area contributed by atoms with E-state index >= 15 is 0 Å². The van der Waals surface area contributed by atoms with Crippen molar-refractivity contribution in [1.29, 1.82) is 0 Å². The van der Waals surface area contributed by atoms with E-state index in [0.717, 1.165) is 19.4 Å². The van der Waals surface area contributed by atoms with Gasteiger partial charge in [0.15, 0.2) is 0 Å². The lowest BCUT2D eigenvalue weighted by atomic mass is 10.1. The highest BCUT2D eigenvalue weighted by atomic mass is 16.6. The lowest BCUT2D eigenvalue weighted by molar-refractivity contribution is -0.384. The molecule has 0 amide bonds. The molecule has 1 aliphatic rings. The Kier molecular flexibility index (Phi) is 3.51. The van der Waals surface area contributed by atoms with Gasteiger partial charge in [0.2, 0.25) is 5.82 Å². The van der Waals surface area contributed by atoms with E-state index in [9.17, 15) is 10.1 Å². The first-order chi connectivity index (χ1) is 8.56. The summed E-state index contributed by atoms with van der Waals surface area (Å²) >= 11 is 0. The molecule has 1 unspecified atom stereocenters. The van der Waals surface area contributed by atoms with Gasteiger partial charge in [0, 0.05) is 26.2 Å². The van der Waals surface area contributed by atoms with Crippen molar-refractivity contribution in [2.75, 3.05) is 18.1 Å². The Balaban J connectivity index is 2.40. The molecule has 1 fully saturated rings. The highest BCUT2D eigenvalue weighted by Gasteiger charge is 2.34. The molecule has 1 N–H and O–H groups in total. The molecule has 100 valence electrons. The van der Waals surface area contributed by atoms with E-state index in [1.807, 2.05) is 4.90 Å². The van der Waals surface area contributed by atoms with Crippen LogP contribution in [0.2, 0.25) is 0 Å². The Morgan fingerprint density at radius 1 is 1.61 bits per heavy atom. The van der Waals surface area contributed by atoms with Crippen LogP contribution in [0.4, 0.5) is 11.5 Å². The summed E-state index contributed by atoms with van der Waals surface area (Å²) in [7, 11) is 1.73. The third-order valence-corrected chi connectivity index (χ3v) is 3.46. The molecule has 0 bridgehead atoms. The van der Waals surface area contributed by atoms with Crippen molar-refractivity contribution in [2.24, 2.45) is 7.05 Å². The SMILES string of the molecule is Cc1nn(C)c(N2CCCC2CCO)c1[N+](=O)[O-]. The third-order valence-electron chi connectivity index (χ3n) is 3.46. The fraction of sp³-hybridized carbons (Fsp3) is 0.727. The minimum Gasteiger partial charge on any atom is -0.396 e. The van der Waals surface area contributed by atoms with Crippen LogP contribution < -0.4 is 4.90 Å². The average molecular weight is 254 g/mol. The fourth-order valence-corrected chi connectivity index (χ4v) is 2.73. The van der Waals surface area contributed by atoms with Crippen LogP contribution in [0.3, 0.4) is 0 Å². The van der Waals surface area contributed by atoms with Crippen LogP contribution in [-0.2, 0) is 7.05 Å². The molecule has 1 aliphatic heterocycles. The molecule has 7 nitrogen and oxygen atoms in total. The van der Waals surface area contributed by atoms with Gasteiger partial charge in [0.25, 0.3) is 0 Å². The van der Waals surface area contributed by atoms with Gasteiger partial charge in [0.05, 0.1) is 4.92 Å². The van der Waals surface area contributed by atoms with Crippen LogP contribution in [0.5, 0.6) is 0 Å². The smallest absolute Gasteiger partial charge is 0.333 e. The molecular formula is C11H18N4O3. The Hall–Kier alpha value is -1.63. The van der Waals surface area contributed by atoms with E-state index in [1.54, 1.807) is 18.7 Å². The largest absolute Gasteiger partial charge is 0.396 e. The molecule has 1 aromatic rings. The molecule has 0 spiro atoms. The molecule has 0 saturated carbocycles. The van der Waals surface area contributed by atoms with Crippen molar-refractivity contribution < 1.29 is 10.0 Å². The molecule has 1 aromatic heterocycles. The summed E-state index contributed by atoms with van der Waals surface area (Å²) in [6.45, 7) is 2.54. The quantitative estimate of drug-likeness (QED) is 0.639. The molecule has 7 heteroatoms. The Morgan fingerprint density at radius 3 is 2.94 bits per heavy atom. The first-order valence-electron chi connectivity index (χ1n) is 6.11. The number of anilines is 1. The summed E-state index contributed by atoms with van der Waals surface area (Å²) < 4.78 is 1.57. The van der Waals surface area contributed by atoms with E-state index in [4.69, 9.17) is 5.11 Å². The van der Waals surface area contributed by atoms with Crippen LogP contribution >= 0.6 is 0 Å². The number of aliphatic hydroxyl groups is 1. The molecule has 0 radical (unpaired) electrons. The standard InChI is InChI=1S/C11H18N4O3/c1-8-10(15(17)18)11(13(2)12-8)14-6-3-4-9(14)5-7-16/h9,16H,3-7H2,1-2H3. The van der Waals surface area contributed by atoms with Crippen LogP contribution in [0.15, 0.2) is 0 Å². The number of aromatic nitrogens is 2. The van der Waals surface area contributed by atoms with Crippen LogP contribution in [0.25, 0.3) is 0 Å². The first kappa shape index (κ1) is 12.8. The second kappa shape index (κ2) is 4.93. The van der Waals surface area contributed by atoms with Gasteiger partial charge >= 0.3 is 5.69 Å². The van der Waals surface area contributed by atoms with Crippen molar-refractivity contribution in [1.82, 2.24) is 9.78 Å². The van der Waals surface area contributed by atoms with Crippen LogP contribution in [0, 0.1) is 17.0 Å². The summed E-state index contributed by atoms with van der Waals surface area (Å²) in [5, 5.41) is 24.4. The number of aryl methyl sites for hydroxylation is 2. The normalized spacial score (nSPS) is 19.5. The van der Waals surface area contributed by atoms with Crippen molar-refractivity contribution in [2.45, 2.75) is 32.2 Å². The Morgan fingerprint density at radius 2 is 2.33 bits per heavy atom. The summed E-state index contributed by atoms with van der Waals surface area (Å²) in [6.07, 6.45) is 2.59. The van der Waals surface area contributed by atoms with E-state index in [1.165, 1.54) is 0 Å². The number of hydrogen-bond donors (Lipinski definition) is 1. The van der Waals surface area contributed by atoms with Gasteiger partial charge in [-0.15, -0.1) is 0 Å². The van der Waals surface area contributed by atoms with Crippen molar-refractivity contribution in [3.05, 3.63) is 15.8 Å². The molecule has 18 heavy (non-hydrogen) atoms. The first-order valence-corrected chi connectivity index (χ1v) is 6.11. The lowest BCUT2D eigenvalue weighted by Gasteiger charge is -2.25. The van der Waals surface area contributed by atoms with E-state index in [0.29, 0.717) is 17.9 Å². The van der Waals surface area contributed by atoms with Gasteiger partial charge in [-0.3, -0.25) is 10.1 Å². The van der Waals surface area contributed by atoms with Crippen LogP contribution in [0.1, 0.15) is 25.0 Å². The second-order valence-electron chi connectivity index (χ2n) is 4.64. The maximum absolute atomic E-state index is 11.2. The molecule has 1 saturated heterocycles. The number of nitrogens with zero attached hydrogens (tertiary/aromatic N) is 4. The van der Waals surface area contributed by atoms with Gasteiger partial charge in [-0.1, -0.05) is 0 Å². The summed E-state index contributed by atoms with van der Waals surface area (Å²) in [4.78, 5) is 12.8. The highest BCUT2D eigenvalue weighted by molar-refractivity contribution is 5.62. The zero-order chi connectivity index (χ0) is 13.3. The van der Waals surface area contributed by atoms with Crippen molar-refractivity contribution >= 4 is 11.5 Å². The van der Waals surface area contributed by atoms with Crippen molar-refractivity contribution in [3.8, 4) is 0 Å². The summed E-state index contributed by atoms with van der Waals surface area (Å²) in [5.74, 6) is 0.563. The fourth-order valence-electron chi connectivity index (χ4n) is 2.73. The summed E-state index contributed by atoms with van der Waals surface area (Å²) in [5.41, 5.74) is 0.523. The predicted octanol–water partition coefficient (Wildman–Crippen LogP) is 0.988. The van der Waals surface area contributed by atoms with Gasteiger partial charge in [0.1, 0.15) is 5.69 Å². The monoisotopic (exact) mass is 254 g/mol.